The van der Waals surface area contributed by atoms with Gasteiger partial charge in [-0.2, -0.15) is 5.11 Å². The number of para-hydroxylation sites is 1. The van der Waals surface area contributed by atoms with Gasteiger partial charge in [-0.15, -0.1) is 5.11 Å². The van der Waals surface area contributed by atoms with E-state index >= 15 is 0 Å². The Balaban J connectivity index is 2.04. The van der Waals surface area contributed by atoms with Crippen molar-refractivity contribution in [1.29, 1.82) is 0 Å². The fourth-order valence-corrected chi connectivity index (χ4v) is 2.14. The topological polar surface area (TPSA) is 82.6 Å². The van der Waals surface area contributed by atoms with Crippen LogP contribution in [0.1, 0.15) is 0 Å². The number of azo groups is 1. The molecule has 1 aromatic heterocycles. The Kier molecular flexibility index (Phi) is 4.01. The lowest BCUT2D eigenvalue weighted by molar-refractivity contribution is 0.416. The molecule has 0 saturated carbocycles. The zero-order valence-electron chi connectivity index (χ0n) is 12.2. The van der Waals surface area contributed by atoms with Crippen molar-refractivity contribution in [3.8, 4) is 17.0 Å². The summed E-state index contributed by atoms with van der Waals surface area (Å²) in [6.45, 7) is 0. The lowest BCUT2D eigenvalue weighted by atomic mass is 10.1. The zero-order chi connectivity index (χ0) is 16.2. The fraction of sp³-hybridized carbons (Fsp3) is 0.0625. The number of hydrogen-bond donors (Lipinski definition) is 2. The fourth-order valence-electron chi connectivity index (χ4n) is 2.14. The Bertz CT molecular complexity index is 914. The normalized spacial score (nSPS) is 11.0. The summed E-state index contributed by atoms with van der Waals surface area (Å²) in [5.41, 5.74) is 1.11. The van der Waals surface area contributed by atoms with Gasteiger partial charge in [0.25, 0.3) is 5.56 Å². The van der Waals surface area contributed by atoms with Gasteiger partial charge < -0.3 is 4.74 Å². The maximum absolute atomic E-state index is 13.2. The first-order valence-corrected chi connectivity index (χ1v) is 6.80. The van der Waals surface area contributed by atoms with Crippen molar-refractivity contribution in [3.63, 3.8) is 0 Å². The van der Waals surface area contributed by atoms with Crippen LogP contribution in [-0.2, 0) is 0 Å². The van der Waals surface area contributed by atoms with Crippen molar-refractivity contribution < 1.29 is 9.13 Å². The molecule has 7 heteroatoms. The van der Waals surface area contributed by atoms with Crippen LogP contribution in [0.2, 0.25) is 0 Å². The molecule has 0 aliphatic carbocycles. The molecule has 3 rings (SSSR count). The predicted octanol–water partition coefficient (Wildman–Crippen LogP) is 3.93. The van der Waals surface area contributed by atoms with Crippen LogP contribution in [0.25, 0.3) is 11.3 Å². The summed E-state index contributed by atoms with van der Waals surface area (Å²) in [6, 6.07) is 12.9. The molecule has 3 aromatic rings. The van der Waals surface area contributed by atoms with Gasteiger partial charge in [-0.1, -0.05) is 18.2 Å². The average molecular weight is 312 g/mol. The molecule has 0 fully saturated rings. The van der Waals surface area contributed by atoms with E-state index in [2.05, 4.69) is 20.4 Å². The number of ether oxygens (including phenoxy) is 1. The van der Waals surface area contributed by atoms with Crippen LogP contribution in [0.4, 0.5) is 15.8 Å². The van der Waals surface area contributed by atoms with Crippen LogP contribution >= 0.6 is 0 Å². The van der Waals surface area contributed by atoms with Gasteiger partial charge in [0.05, 0.1) is 18.5 Å². The molecular formula is C16H13FN4O2. The van der Waals surface area contributed by atoms with E-state index in [4.69, 9.17) is 4.74 Å². The van der Waals surface area contributed by atoms with Crippen molar-refractivity contribution in [2.24, 2.45) is 10.2 Å². The van der Waals surface area contributed by atoms with Gasteiger partial charge >= 0.3 is 0 Å². The molecule has 0 radical (unpaired) electrons. The number of hydrogen-bond acceptors (Lipinski definition) is 4. The van der Waals surface area contributed by atoms with Gasteiger partial charge in [0.1, 0.15) is 11.6 Å². The Morgan fingerprint density at radius 2 is 1.87 bits per heavy atom. The third kappa shape index (κ3) is 3.03. The van der Waals surface area contributed by atoms with E-state index in [1.807, 2.05) is 12.1 Å². The van der Waals surface area contributed by atoms with Gasteiger partial charge in [0, 0.05) is 11.6 Å². The number of benzene rings is 2. The van der Waals surface area contributed by atoms with E-state index in [9.17, 15) is 9.18 Å². The van der Waals surface area contributed by atoms with Crippen LogP contribution in [0, 0.1) is 5.82 Å². The molecule has 0 saturated heterocycles. The van der Waals surface area contributed by atoms with Gasteiger partial charge in [0.2, 0.25) is 0 Å². The number of H-pyrrole nitrogens is 2. The van der Waals surface area contributed by atoms with E-state index < -0.39 is 11.4 Å². The molecule has 1 heterocycles. The summed E-state index contributed by atoms with van der Waals surface area (Å²) in [7, 11) is 1.54. The summed E-state index contributed by atoms with van der Waals surface area (Å²) in [4.78, 5) is 11.9. The number of halogens is 1. The molecule has 0 amide bonds. The molecule has 0 aliphatic heterocycles. The van der Waals surface area contributed by atoms with Gasteiger partial charge in [-0.3, -0.25) is 15.0 Å². The Morgan fingerprint density at radius 1 is 1.04 bits per heavy atom. The number of aromatic nitrogens is 2. The first kappa shape index (κ1) is 14.7. The first-order chi connectivity index (χ1) is 11.2. The summed E-state index contributed by atoms with van der Waals surface area (Å²) < 4.78 is 18.4. The van der Waals surface area contributed by atoms with Crippen LogP contribution in [0.3, 0.4) is 0 Å². The van der Waals surface area contributed by atoms with Crippen molar-refractivity contribution in [1.82, 2.24) is 10.2 Å². The number of aromatic amines is 2. The number of nitrogens with zero attached hydrogens (tertiary/aromatic N) is 2. The molecule has 0 spiro atoms. The van der Waals surface area contributed by atoms with E-state index in [0.29, 0.717) is 22.7 Å². The van der Waals surface area contributed by atoms with Crippen molar-refractivity contribution in [2.75, 3.05) is 7.11 Å². The molecule has 0 atom stereocenters. The number of rotatable bonds is 4. The molecule has 0 bridgehead atoms. The average Bonchev–Trinajstić information content (AvgIpc) is 2.93. The monoisotopic (exact) mass is 312 g/mol. The van der Waals surface area contributed by atoms with Crippen molar-refractivity contribution in [2.45, 2.75) is 0 Å². The molecule has 2 N–H and O–H groups in total. The third-order valence-corrected chi connectivity index (χ3v) is 3.20. The van der Waals surface area contributed by atoms with E-state index in [-0.39, 0.29) is 5.69 Å². The largest absolute Gasteiger partial charge is 0.496 e. The molecule has 0 aliphatic rings. The van der Waals surface area contributed by atoms with Crippen LogP contribution in [-0.4, -0.2) is 17.3 Å². The standard InChI is InChI=1S/C16H13FN4O2/c1-23-13-8-3-2-7-12(13)14-15(16(22)21-19-14)20-18-11-6-4-5-10(17)9-11/h2-9H,1H3,(H2,19,21,22). The highest BCUT2D eigenvalue weighted by Crippen LogP contribution is 2.33. The third-order valence-electron chi connectivity index (χ3n) is 3.20. The minimum Gasteiger partial charge on any atom is -0.496 e. The lowest BCUT2D eigenvalue weighted by Crippen LogP contribution is -1.96. The molecule has 6 nitrogen and oxygen atoms in total. The molecule has 116 valence electrons. The summed E-state index contributed by atoms with van der Waals surface area (Å²) in [5, 5.41) is 13.1. The lowest BCUT2D eigenvalue weighted by Gasteiger charge is -2.06. The smallest absolute Gasteiger partial charge is 0.292 e. The summed E-state index contributed by atoms with van der Waals surface area (Å²) in [5.74, 6) is 0.166. The molecular weight excluding hydrogens is 299 g/mol. The predicted molar refractivity (Wildman–Crippen MR) is 84.0 cm³/mol. The highest BCUT2D eigenvalue weighted by Gasteiger charge is 2.15. The van der Waals surface area contributed by atoms with Gasteiger partial charge in [-0.05, 0) is 24.3 Å². The quantitative estimate of drug-likeness (QED) is 0.715. The zero-order valence-corrected chi connectivity index (χ0v) is 12.2. The maximum Gasteiger partial charge on any atom is 0.292 e. The molecule has 0 unspecified atom stereocenters. The Hall–Kier alpha value is -3.22. The number of nitrogens with one attached hydrogen (secondary N) is 2. The van der Waals surface area contributed by atoms with Gasteiger partial charge in [-0.25, -0.2) is 4.39 Å². The maximum atomic E-state index is 13.2. The molecule has 2 aromatic carbocycles. The van der Waals surface area contributed by atoms with E-state index in [1.165, 1.54) is 25.3 Å². The number of methoxy groups -OCH3 is 1. The molecule has 23 heavy (non-hydrogen) atoms. The second kappa shape index (κ2) is 6.27. The second-order valence-corrected chi connectivity index (χ2v) is 4.68. The minimum absolute atomic E-state index is 0.0961. The minimum atomic E-state index is -0.425. The Morgan fingerprint density at radius 3 is 2.65 bits per heavy atom. The van der Waals surface area contributed by atoms with E-state index in [1.54, 1.807) is 18.2 Å². The first-order valence-electron chi connectivity index (χ1n) is 6.80. The van der Waals surface area contributed by atoms with E-state index in [0.717, 1.165) is 0 Å². The van der Waals surface area contributed by atoms with Crippen molar-refractivity contribution >= 4 is 11.4 Å². The van der Waals surface area contributed by atoms with Crippen molar-refractivity contribution in [3.05, 3.63) is 64.7 Å². The van der Waals surface area contributed by atoms with Crippen LogP contribution in [0.5, 0.6) is 5.75 Å². The summed E-state index contributed by atoms with van der Waals surface area (Å²) >= 11 is 0. The second-order valence-electron chi connectivity index (χ2n) is 4.68. The summed E-state index contributed by atoms with van der Waals surface area (Å²) in [6.07, 6.45) is 0. The van der Waals surface area contributed by atoms with Crippen LogP contribution < -0.4 is 10.3 Å². The highest BCUT2D eigenvalue weighted by molar-refractivity contribution is 5.76. The Labute approximate surface area is 130 Å². The highest BCUT2D eigenvalue weighted by atomic mass is 19.1. The van der Waals surface area contributed by atoms with Crippen LogP contribution in [0.15, 0.2) is 63.6 Å². The van der Waals surface area contributed by atoms with Gasteiger partial charge in [0.15, 0.2) is 5.69 Å². The SMILES string of the molecule is COc1ccccc1-c1[nH][nH]c(=O)c1N=Nc1cccc(F)c1.